The standard InChI is InChI=1S/C70H133NO5/c1-3-5-7-9-11-13-15-17-19-21-22-23-24-25-26-28-31-34-38-42-46-50-54-58-62-68(73)67(66-72)71-69(74)63-59-55-51-47-43-39-35-32-29-27-30-33-37-41-45-49-53-57-61-65-76-70(75)64-60-56-52-48-44-40-36-20-18-16-14-12-10-8-6-4-2/h14,16,20,36,58,62,67-68,72-73H,3-13,15,17-19,21-35,37-57,59-61,63-66H2,1-2H3,(H,71,74)/b16-14-,36-20-,62-58+. The lowest BCUT2D eigenvalue weighted by atomic mass is 10.0. The van der Waals surface area contributed by atoms with Crippen molar-refractivity contribution < 1.29 is 24.5 Å². The number of nitrogens with one attached hydrogen (secondary N) is 1. The molecule has 0 saturated carbocycles. The molecule has 0 aliphatic carbocycles. The monoisotopic (exact) mass is 1070 g/mol. The Hall–Kier alpha value is -1.92. The van der Waals surface area contributed by atoms with Crippen molar-refractivity contribution >= 4 is 11.9 Å². The Morgan fingerprint density at radius 1 is 0.368 bits per heavy atom. The third kappa shape index (κ3) is 61.3. The number of hydrogen-bond acceptors (Lipinski definition) is 5. The zero-order valence-corrected chi connectivity index (χ0v) is 51.3. The molecule has 3 N–H and O–H groups in total. The van der Waals surface area contributed by atoms with Crippen LogP contribution >= 0.6 is 0 Å². The number of unbranched alkanes of at least 4 members (excludes halogenated alkanes) is 49. The summed E-state index contributed by atoms with van der Waals surface area (Å²) in [6.45, 7) is 4.90. The first-order valence-electron chi connectivity index (χ1n) is 34.3. The lowest BCUT2D eigenvalue weighted by molar-refractivity contribution is -0.143. The van der Waals surface area contributed by atoms with E-state index >= 15 is 0 Å². The van der Waals surface area contributed by atoms with E-state index in [1.54, 1.807) is 6.08 Å². The van der Waals surface area contributed by atoms with Gasteiger partial charge in [0, 0.05) is 12.8 Å². The highest BCUT2D eigenvalue weighted by Gasteiger charge is 2.18. The maximum Gasteiger partial charge on any atom is 0.305 e. The molecule has 2 atom stereocenters. The second kappa shape index (κ2) is 65.6. The fourth-order valence-electron chi connectivity index (χ4n) is 10.7. The zero-order chi connectivity index (χ0) is 55.0. The molecule has 0 aromatic rings. The van der Waals surface area contributed by atoms with Crippen LogP contribution in [0.1, 0.15) is 373 Å². The van der Waals surface area contributed by atoms with Crippen molar-refractivity contribution in [3.8, 4) is 0 Å². The Kier molecular flexibility index (Phi) is 63.9. The number of rotatable bonds is 64. The molecule has 1 amide bonds. The third-order valence-corrected chi connectivity index (χ3v) is 15.9. The van der Waals surface area contributed by atoms with Crippen LogP contribution in [-0.4, -0.2) is 47.4 Å². The van der Waals surface area contributed by atoms with Gasteiger partial charge in [0.25, 0.3) is 0 Å². The van der Waals surface area contributed by atoms with Gasteiger partial charge in [0.1, 0.15) is 0 Å². The van der Waals surface area contributed by atoms with Gasteiger partial charge in [-0.15, -0.1) is 0 Å². The molecular weight excluding hydrogens is 935 g/mol. The molecule has 448 valence electrons. The fourth-order valence-corrected chi connectivity index (χ4v) is 10.7. The van der Waals surface area contributed by atoms with E-state index in [0.29, 0.717) is 19.4 Å². The largest absolute Gasteiger partial charge is 0.466 e. The van der Waals surface area contributed by atoms with E-state index < -0.39 is 12.1 Å². The molecule has 0 fully saturated rings. The van der Waals surface area contributed by atoms with Crippen LogP contribution in [0.15, 0.2) is 36.5 Å². The van der Waals surface area contributed by atoms with E-state index in [4.69, 9.17) is 4.74 Å². The lowest BCUT2D eigenvalue weighted by Crippen LogP contribution is -2.45. The summed E-state index contributed by atoms with van der Waals surface area (Å²) in [5, 5.41) is 23.3. The Morgan fingerprint density at radius 3 is 1.01 bits per heavy atom. The van der Waals surface area contributed by atoms with E-state index in [1.807, 2.05) is 6.08 Å². The second-order valence-corrected chi connectivity index (χ2v) is 23.5. The van der Waals surface area contributed by atoms with Crippen molar-refractivity contribution in [2.45, 2.75) is 386 Å². The third-order valence-electron chi connectivity index (χ3n) is 15.9. The first kappa shape index (κ1) is 74.1. The van der Waals surface area contributed by atoms with Crippen LogP contribution in [0.5, 0.6) is 0 Å². The number of esters is 1. The van der Waals surface area contributed by atoms with E-state index in [2.05, 4.69) is 43.5 Å². The SMILES string of the molecule is CCCCCC/C=C\C/C=C\CCCCCCCC(=O)OCCCCCCCCCCCCCCCCCCCCCC(=O)NC(CO)C(O)/C=C/CCCCCCCCCCCCCCCCCCCCCCCC. The van der Waals surface area contributed by atoms with Gasteiger partial charge in [-0.1, -0.05) is 333 Å². The predicted octanol–water partition coefficient (Wildman–Crippen LogP) is 21.9. The molecule has 0 spiro atoms. The quantitative estimate of drug-likeness (QED) is 0.0320. The Labute approximate surface area is 474 Å². The summed E-state index contributed by atoms with van der Waals surface area (Å²) in [7, 11) is 0. The van der Waals surface area contributed by atoms with Crippen LogP contribution in [0.2, 0.25) is 0 Å². The molecule has 0 heterocycles. The van der Waals surface area contributed by atoms with Crippen molar-refractivity contribution in [1.82, 2.24) is 5.32 Å². The maximum absolute atomic E-state index is 12.5. The van der Waals surface area contributed by atoms with Crippen molar-refractivity contribution in [2.75, 3.05) is 13.2 Å². The Morgan fingerprint density at radius 2 is 0.658 bits per heavy atom. The summed E-state index contributed by atoms with van der Waals surface area (Å²) in [4.78, 5) is 24.6. The molecule has 0 aliphatic heterocycles. The molecule has 0 radical (unpaired) electrons. The summed E-state index contributed by atoms with van der Waals surface area (Å²) in [5.41, 5.74) is 0. The van der Waals surface area contributed by atoms with Crippen LogP contribution in [0.25, 0.3) is 0 Å². The minimum absolute atomic E-state index is 0.00452. The topological polar surface area (TPSA) is 95.9 Å². The highest BCUT2D eigenvalue weighted by Crippen LogP contribution is 2.18. The zero-order valence-electron chi connectivity index (χ0n) is 51.3. The highest BCUT2D eigenvalue weighted by atomic mass is 16.5. The van der Waals surface area contributed by atoms with Crippen LogP contribution in [0.4, 0.5) is 0 Å². The average molecular weight is 1070 g/mol. The number of ether oxygens (including phenoxy) is 1. The van der Waals surface area contributed by atoms with Gasteiger partial charge in [-0.2, -0.15) is 0 Å². The first-order valence-corrected chi connectivity index (χ1v) is 34.3. The molecule has 0 rings (SSSR count). The van der Waals surface area contributed by atoms with Gasteiger partial charge >= 0.3 is 5.97 Å². The number of carbonyl (C=O) groups is 2. The lowest BCUT2D eigenvalue weighted by Gasteiger charge is -2.20. The minimum Gasteiger partial charge on any atom is -0.466 e. The van der Waals surface area contributed by atoms with Gasteiger partial charge in [0.05, 0.1) is 25.4 Å². The molecule has 6 heteroatoms. The summed E-state index contributed by atoms with van der Waals surface area (Å²) < 4.78 is 5.48. The number of carbonyl (C=O) groups excluding carboxylic acids is 2. The van der Waals surface area contributed by atoms with Crippen LogP contribution in [-0.2, 0) is 14.3 Å². The molecule has 0 aliphatic rings. The van der Waals surface area contributed by atoms with Gasteiger partial charge < -0.3 is 20.3 Å². The van der Waals surface area contributed by atoms with Crippen molar-refractivity contribution in [3.63, 3.8) is 0 Å². The van der Waals surface area contributed by atoms with Gasteiger partial charge in [-0.05, 0) is 64.2 Å². The van der Waals surface area contributed by atoms with Crippen LogP contribution < -0.4 is 5.32 Å². The fraction of sp³-hybridized carbons (Fsp3) is 0.886. The molecular formula is C70H133NO5. The molecule has 0 bridgehead atoms. The van der Waals surface area contributed by atoms with Gasteiger partial charge in [0.15, 0.2) is 0 Å². The highest BCUT2D eigenvalue weighted by molar-refractivity contribution is 5.76. The minimum atomic E-state index is -0.849. The molecule has 0 aromatic carbocycles. The normalized spacial score (nSPS) is 12.7. The predicted molar refractivity (Wildman–Crippen MR) is 333 cm³/mol. The van der Waals surface area contributed by atoms with E-state index in [1.165, 1.54) is 295 Å². The van der Waals surface area contributed by atoms with E-state index in [0.717, 1.165) is 51.4 Å². The number of aliphatic hydroxyl groups is 2. The number of aliphatic hydroxyl groups excluding tert-OH is 2. The summed E-state index contributed by atoms with van der Waals surface area (Å²) in [6.07, 6.45) is 83.4. The smallest absolute Gasteiger partial charge is 0.305 e. The molecule has 76 heavy (non-hydrogen) atoms. The van der Waals surface area contributed by atoms with Crippen molar-refractivity contribution in [3.05, 3.63) is 36.5 Å². The first-order chi connectivity index (χ1) is 37.5. The Balaban J connectivity index is 3.43. The number of amides is 1. The average Bonchev–Trinajstić information content (AvgIpc) is 3.42. The van der Waals surface area contributed by atoms with Gasteiger partial charge in [0.2, 0.25) is 5.91 Å². The Bertz CT molecular complexity index is 1230. The summed E-state index contributed by atoms with van der Waals surface area (Å²) >= 11 is 0. The van der Waals surface area contributed by atoms with E-state index in [-0.39, 0.29) is 18.5 Å². The number of allylic oxidation sites excluding steroid dienone is 5. The number of hydrogen-bond donors (Lipinski definition) is 3. The van der Waals surface area contributed by atoms with Crippen LogP contribution in [0.3, 0.4) is 0 Å². The molecule has 0 saturated heterocycles. The van der Waals surface area contributed by atoms with Crippen molar-refractivity contribution in [2.24, 2.45) is 0 Å². The van der Waals surface area contributed by atoms with E-state index in [9.17, 15) is 19.8 Å². The van der Waals surface area contributed by atoms with Crippen molar-refractivity contribution in [1.29, 1.82) is 0 Å². The second-order valence-electron chi connectivity index (χ2n) is 23.5. The van der Waals surface area contributed by atoms with Gasteiger partial charge in [-0.3, -0.25) is 9.59 Å². The maximum atomic E-state index is 12.5. The molecule has 0 aromatic heterocycles. The molecule has 2 unspecified atom stereocenters. The summed E-state index contributed by atoms with van der Waals surface area (Å²) in [5.74, 6) is -0.0720. The van der Waals surface area contributed by atoms with Crippen LogP contribution in [0, 0.1) is 0 Å². The van der Waals surface area contributed by atoms with Gasteiger partial charge in [-0.25, -0.2) is 0 Å². The molecule has 6 nitrogen and oxygen atoms in total. The summed E-state index contributed by atoms with van der Waals surface area (Å²) in [6, 6.07) is -0.632.